The second-order valence-corrected chi connectivity index (χ2v) is 4.97. The van der Waals surface area contributed by atoms with Crippen LogP contribution in [-0.2, 0) is 11.3 Å². The third kappa shape index (κ3) is 3.06. The van der Waals surface area contributed by atoms with Crippen LogP contribution >= 0.6 is 24.8 Å². The van der Waals surface area contributed by atoms with E-state index in [0.29, 0.717) is 6.54 Å². The van der Waals surface area contributed by atoms with E-state index in [1.807, 2.05) is 35.7 Å². The summed E-state index contributed by atoms with van der Waals surface area (Å²) < 4.78 is 2.01. The largest absolute Gasteiger partial charge is 0.349 e. The van der Waals surface area contributed by atoms with Gasteiger partial charge in [0.05, 0.1) is 17.8 Å². The van der Waals surface area contributed by atoms with Gasteiger partial charge in [0.25, 0.3) is 0 Å². The highest BCUT2D eigenvalue weighted by Crippen LogP contribution is 2.32. The van der Waals surface area contributed by atoms with Crippen molar-refractivity contribution >= 4 is 36.4 Å². The van der Waals surface area contributed by atoms with E-state index in [1.165, 1.54) is 0 Å². The Morgan fingerprint density at radius 1 is 1.45 bits per heavy atom. The molecular weight excluding hydrogens is 299 g/mol. The first-order valence-corrected chi connectivity index (χ1v) is 6.09. The fourth-order valence-electron chi connectivity index (χ4n) is 1.99. The summed E-state index contributed by atoms with van der Waals surface area (Å²) in [5.41, 5.74) is 8.07. The molecular formula is C13H18Cl2N4O. The van der Waals surface area contributed by atoms with Gasteiger partial charge < -0.3 is 15.5 Å². The molecule has 0 atom stereocenters. The Morgan fingerprint density at radius 3 is 2.75 bits per heavy atom. The number of nitrogens with zero attached hydrogens (tertiary/aromatic N) is 2. The summed E-state index contributed by atoms with van der Waals surface area (Å²) in [7, 11) is 0. The summed E-state index contributed by atoms with van der Waals surface area (Å²) in [6.07, 6.45) is 3.51. The number of nitrogens with two attached hydrogens (primary N) is 1. The molecule has 0 spiro atoms. The fraction of sp³-hybridized carbons (Fsp3) is 0.385. The van der Waals surface area contributed by atoms with Gasteiger partial charge in [0.2, 0.25) is 5.91 Å². The van der Waals surface area contributed by atoms with E-state index in [1.54, 1.807) is 0 Å². The van der Waals surface area contributed by atoms with Gasteiger partial charge in [-0.15, -0.1) is 24.8 Å². The number of halogens is 2. The van der Waals surface area contributed by atoms with Gasteiger partial charge in [-0.25, -0.2) is 4.98 Å². The molecule has 3 rings (SSSR count). The van der Waals surface area contributed by atoms with E-state index in [0.717, 1.165) is 29.9 Å². The Kier molecular flexibility index (Phi) is 5.02. The Morgan fingerprint density at radius 2 is 2.15 bits per heavy atom. The van der Waals surface area contributed by atoms with Crippen LogP contribution in [0.5, 0.6) is 0 Å². The van der Waals surface area contributed by atoms with Crippen molar-refractivity contribution in [2.45, 2.75) is 31.8 Å². The number of carbonyl (C=O) groups is 1. The zero-order valence-electron chi connectivity index (χ0n) is 11.1. The Labute approximate surface area is 129 Å². The molecule has 1 amide bonds. The number of fused-ring (bicyclic) bond motifs is 1. The molecule has 1 fully saturated rings. The van der Waals surface area contributed by atoms with Crippen LogP contribution in [0.4, 0.5) is 0 Å². The van der Waals surface area contributed by atoms with Gasteiger partial charge in [-0.3, -0.25) is 4.79 Å². The van der Waals surface area contributed by atoms with Gasteiger partial charge in [-0.2, -0.15) is 0 Å². The number of imidazole rings is 1. The average Bonchev–Trinajstić information content (AvgIpc) is 2.95. The number of hydrogen-bond acceptors (Lipinski definition) is 3. The van der Waals surface area contributed by atoms with E-state index in [-0.39, 0.29) is 30.7 Å². The number of rotatable bonds is 3. The summed E-state index contributed by atoms with van der Waals surface area (Å²) in [6, 6.07) is 5.94. The van der Waals surface area contributed by atoms with Crippen LogP contribution in [0.3, 0.4) is 0 Å². The number of nitrogens with one attached hydrogen (secondary N) is 1. The molecule has 2 aromatic rings. The fourth-order valence-corrected chi connectivity index (χ4v) is 1.99. The van der Waals surface area contributed by atoms with Crippen LogP contribution in [0.2, 0.25) is 0 Å². The highest BCUT2D eigenvalue weighted by Gasteiger charge is 2.45. The molecule has 1 aliphatic rings. The molecule has 3 N–H and O–H groups in total. The molecule has 110 valence electrons. The Hall–Kier alpha value is -1.30. The maximum atomic E-state index is 11.7. The van der Waals surface area contributed by atoms with Crippen LogP contribution in [0.25, 0.3) is 5.65 Å². The number of aromatic nitrogens is 2. The number of aryl methyl sites for hydroxylation is 1. The topological polar surface area (TPSA) is 72.4 Å². The monoisotopic (exact) mass is 316 g/mol. The number of pyridine rings is 1. The average molecular weight is 317 g/mol. The van der Waals surface area contributed by atoms with Crippen LogP contribution in [0.1, 0.15) is 24.2 Å². The van der Waals surface area contributed by atoms with Crippen molar-refractivity contribution in [2.75, 3.05) is 0 Å². The zero-order valence-corrected chi connectivity index (χ0v) is 12.8. The molecule has 0 unspecified atom stereocenters. The third-order valence-electron chi connectivity index (χ3n) is 3.42. The van der Waals surface area contributed by atoms with Crippen molar-refractivity contribution < 1.29 is 4.79 Å². The predicted octanol–water partition coefficient (Wildman–Crippen LogP) is 1.59. The molecule has 7 heteroatoms. The van der Waals surface area contributed by atoms with Crippen LogP contribution < -0.4 is 11.1 Å². The first-order chi connectivity index (χ1) is 8.58. The van der Waals surface area contributed by atoms with Crippen molar-refractivity contribution in [3.63, 3.8) is 0 Å². The van der Waals surface area contributed by atoms with Gasteiger partial charge in [0.1, 0.15) is 5.65 Å². The SMILES string of the molecule is Cc1cccc2nc(CNC(=O)C3(N)CC3)cn12.Cl.Cl. The van der Waals surface area contributed by atoms with Crippen LogP contribution in [0, 0.1) is 6.92 Å². The van der Waals surface area contributed by atoms with Gasteiger partial charge in [0.15, 0.2) is 0 Å². The van der Waals surface area contributed by atoms with E-state index in [2.05, 4.69) is 10.3 Å². The lowest BCUT2D eigenvalue weighted by Gasteiger charge is -2.08. The van der Waals surface area contributed by atoms with Crippen molar-refractivity contribution in [3.8, 4) is 0 Å². The zero-order chi connectivity index (χ0) is 12.8. The standard InChI is InChI=1S/C13H16N4O.2ClH/c1-9-3-2-4-11-16-10(8-17(9)11)7-15-12(18)13(14)5-6-13;;/h2-4,8H,5-7,14H2,1H3,(H,15,18);2*1H. The summed E-state index contributed by atoms with van der Waals surface area (Å²) >= 11 is 0. The molecule has 0 bridgehead atoms. The summed E-state index contributed by atoms with van der Waals surface area (Å²) in [4.78, 5) is 16.2. The molecule has 20 heavy (non-hydrogen) atoms. The molecule has 0 radical (unpaired) electrons. The van der Waals surface area contributed by atoms with E-state index in [4.69, 9.17) is 5.73 Å². The molecule has 2 aromatic heterocycles. The lowest BCUT2D eigenvalue weighted by molar-refractivity contribution is -0.123. The first kappa shape index (κ1) is 16.8. The highest BCUT2D eigenvalue weighted by molar-refractivity contribution is 5.88. The van der Waals surface area contributed by atoms with Crippen molar-refractivity contribution in [2.24, 2.45) is 5.73 Å². The molecule has 0 aromatic carbocycles. The van der Waals surface area contributed by atoms with Crippen molar-refractivity contribution in [3.05, 3.63) is 35.8 Å². The minimum atomic E-state index is -0.616. The molecule has 1 aliphatic carbocycles. The Balaban J connectivity index is 0.000001000. The second kappa shape index (κ2) is 5.99. The van der Waals surface area contributed by atoms with E-state index >= 15 is 0 Å². The molecule has 0 aliphatic heterocycles. The smallest absolute Gasteiger partial charge is 0.240 e. The number of amides is 1. The van der Waals surface area contributed by atoms with Crippen LogP contribution in [0.15, 0.2) is 24.4 Å². The molecule has 1 saturated carbocycles. The third-order valence-corrected chi connectivity index (χ3v) is 3.42. The second-order valence-electron chi connectivity index (χ2n) is 4.97. The van der Waals surface area contributed by atoms with Crippen molar-refractivity contribution in [1.82, 2.24) is 14.7 Å². The highest BCUT2D eigenvalue weighted by atomic mass is 35.5. The quantitative estimate of drug-likeness (QED) is 0.903. The summed E-state index contributed by atoms with van der Waals surface area (Å²) in [5, 5.41) is 2.84. The predicted molar refractivity (Wildman–Crippen MR) is 82.4 cm³/mol. The molecule has 2 heterocycles. The van der Waals surface area contributed by atoms with Gasteiger partial charge in [0, 0.05) is 11.9 Å². The lowest BCUT2D eigenvalue weighted by Crippen LogP contribution is -2.42. The van der Waals surface area contributed by atoms with Gasteiger partial charge >= 0.3 is 0 Å². The molecule has 0 saturated heterocycles. The number of hydrogen-bond donors (Lipinski definition) is 2. The Bertz CT molecular complexity index is 622. The lowest BCUT2D eigenvalue weighted by atomic mass is 10.2. The molecule has 5 nitrogen and oxygen atoms in total. The maximum Gasteiger partial charge on any atom is 0.240 e. The van der Waals surface area contributed by atoms with Crippen LogP contribution in [-0.4, -0.2) is 20.8 Å². The summed E-state index contributed by atoms with van der Waals surface area (Å²) in [5.74, 6) is -0.0729. The summed E-state index contributed by atoms with van der Waals surface area (Å²) in [6.45, 7) is 2.45. The van der Waals surface area contributed by atoms with E-state index in [9.17, 15) is 4.79 Å². The number of carbonyl (C=O) groups excluding carboxylic acids is 1. The minimum absolute atomic E-state index is 0. The normalized spacial score (nSPS) is 15.1. The maximum absolute atomic E-state index is 11.7. The van der Waals surface area contributed by atoms with E-state index < -0.39 is 5.54 Å². The van der Waals surface area contributed by atoms with Gasteiger partial charge in [-0.1, -0.05) is 6.07 Å². The van der Waals surface area contributed by atoms with Crippen molar-refractivity contribution in [1.29, 1.82) is 0 Å². The minimum Gasteiger partial charge on any atom is -0.349 e. The van der Waals surface area contributed by atoms with Gasteiger partial charge in [-0.05, 0) is 31.9 Å². The first-order valence-electron chi connectivity index (χ1n) is 6.09.